The first-order valence-corrected chi connectivity index (χ1v) is 16.4. The fourth-order valence-electron chi connectivity index (χ4n) is 6.15. The predicted molar refractivity (Wildman–Crippen MR) is 178 cm³/mol. The number of halogens is 1. The Morgan fingerprint density at radius 1 is 0.907 bits per heavy atom. The SMILES string of the molecule is O=C(C=Cc1ccc(Br)cc1)NC[C@@H]1CCN(CC(c2ccccc2)c2ccccc2)C(=O)[C@H](CCN2CCCCC2)N1. The van der Waals surface area contributed by atoms with Gasteiger partial charge in [-0.1, -0.05) is 95.1 Å². The van der Waals surface area contributed by atoms with Crippen molar-refractivity contribution in [3.8, 4) is 0 Å². The van der Waals surface area contributed by atoms with E-state index >= 15 is 0 Å². The minimum Gasteiger partial charge on any atom is -0.351 e. The van der Waals surface area contributed by atoms with Crippen LogP contribution in [0.25, 0.3) is 6.08 Å². The largest absolute Gasteiger partial charge is 0.351 e. The minimum absolute atomic E-state index is 0.0113. The minimum atomic E-state index is -0.281. The van der Waals surface area contributed by atoms with Crippen molar-refractivity contribution in [1.82, 2.24) is 20.4 Å². The Kier molecular flexibility index (Phi) is 11.6. The number of likely N-dealkylation sites (tertiary alicyclic amines) is 1. The van der Waals surface area contributed by atoms with Crippen molar-refractivity contribution in [3.05, 3.63) is 112 Å². The molecule has 0 saturated carbocycles. The van der Waals surface area contributed by atoms with Gasteiger partial charge in [-0.15, -0.1) is 0 Å². The zero-order valence-corrected chi connectivity index (χ0v) is 26.4. The molecule has 2 aliphatic rings. The van der Waals surface area contributed by atoms with E-state index in [1.165, 1.54) is 30.4 Å². The number of carbonyl (C=O) groups is 2. The van der Waals surface area contributed by atoms with Crippen LogP contribution in [0.2, 0.25) is 0 Å². The van der Waals surface area contributed by atoms with E-state index in [4.69, 9.17) is 0 Å². The van der Waals surface area contributed by atoms with Crippen LogP contribution < -0.4 is 10.6 Å². The van der Waals surface area contributed by atoms with Gasteiger partial charge in [-0.05, 0) is 73.7 Å². The van der Waals surface area contributed by atoms with Crippen LogP contribution in [0.3, 0.4) is 0 Å². The molecule has 0 radical (unpaired) electrons. The first-order valence-electron chi connectivity index (χ1n) is 15.6. The van der Waals surface area contributed by atoms with Gasteiger partial charge in [0, 0.05) is 48.7 Å². The fourth-order valence-corrected chi connectivity index (χ4v) is 6.41. The number of carbonyl (C=O) groups excluding carboxylic acids is 2. The molecule has 3 aromatic rings. The molecule has 2 amide bonds. The molecule has 6 nitrogen and oxygen atoms in total. The number of benzene rings is 3. The van der Waals surface area contributed by atoms with Crippen molar-refractivity contribution in [3.63, 3.8) is 0 Å². The lowest BCUT2D eigenvalue weighted by Gasteiger charge is -2.31. The topological polar surface area (TPSA) is 64.7 Å². The van der Waals surface area contributed by atoms with Crippen LogP contribution in [0, 0.1) is 0 Å². The number of amides is 2. The first-order chi connectivity index (χ1) is 21.0. The van der Waals surface area contributed by atoms with E-state index in [1.807, 2.05) is 42.5 Å². The average Bonchev–Trinajstić information content (AvgIpc) is 3.20. The highest BCUT2D eigenvalue weighted by molar-refractivity contribution is 9.10. The second-order valence-electron chi connectivity index (χ2n) is 11.7. The Hall–Kier alpha value is -3.26. The molecule has 0 unspecified atom stereocenters. The van der Waals surface area contributed by atoms with Crippen LogP contribution in [-0.2, 0) is 9.59 Å². The summed E-state index contributed by atoms with van der Waals surface area (Å²) in [6, 6.07) is 28.6. The molecule has 2 fully saturated rings. The molecule has 0 spiro atoms. The third-order valence-corrected chi connectivity index (χ3v) is 9.13. The number of piperidine rings is 1. The lowest BCUT2D eigenvalue weighted by Crippen LogP contribution is -2.50. The molecule has 0 aromatic heterocycles. The van der Waals surface area contributed by atoms with Gasteiger partial charge in [0.05, 0.1) is 6.04 Å². The van der Waals surface area contributed by atoms with Gasteiger partial charge in [-0.25, -0.2) is 0 Å². The molecule has 0 bridgehead atoms. The molecule has 43 heavy (non-hydrogen) atoms. The highest BCUT2D eigenvalue weighted by Crippen LogP contribution is 2.27. The number of rotatable bonds is 11. The van der Waals surface area contributed by atoms with Crippen LogP contribution in [0.5, 0.6) is 0 Å². The summed E-state index contributed by atoms with van der Waals surface area (Å²) in [5, 5.41) is 6.73. The van der Waals surface area contributed by atoms with Crippen LogP contribution >= 0.6 is 15.9 Å². The summed E-state index contributed by atoms with van der Waals surface area (Å²) in [5.41, 5.74) is 3.39. The summed E-state index contributed by atoms with van der Waals surface area (Å²) >= 11 is 3.44. The van der Waals surface area contributed by atoms with Gasteiger partial charge < -0.3 is 20.4 Å². The molecular weight excluding hydrogens is 600 g/mol. The van der Waals surface area contributed by atoms with Crippen LogP contribution in [0.4, 0.5) is 0 Å². The second-order valence-corrected chi connectivity index (χ2v) is 12.6. The van der Waals surface area contributed by atoms with Crippen molar-refractivity contribution in [1.29, 1.82) is 0 Å². The number of hydrogen-bond donors (Lipinski definition) is 2. The maximum absolute atomic E-state index is 14.1. The molecule has 2 N–H and O–H groups in total. The van der Waals surface area contributed by atoms with E-state index in [9.17, 15) is 9.59 Å². The van der Waals surface area contributed by atoms with Gasteiger partial charge in [0.1, 0.15) is 0 Å². The highest BCUT2D eigenvalue weighted by Gasteiger charge is 2.33. The zero-order valence-electron chi connectivity index (χ0n) is 24.8. The number of nitrogens with zero attached hydrogens (tertiary/aromatic N) is 2. The normalized spacial score (nSPS) is 20.0. The molecule has 2 atom stereocenters. The molecular formula is C36H43BrN4O2. The fraction of sp³-hybridized carbons (Fsp3) is 0.389. The molecule has 3 aromatic carbocycles. The highest BCUT2D eigenvalue weighted by atomic mass is 79.9. The van der Waals surface area contributed by atoms with E-state index in [1.54, 1.807) is 6.08 Å². The van der Waals surface area contributed by atoms with Gasteiger partial charge in [-0.3, -0.25) is 9.59 Å². The Morgan fingerprint density at radius 3 is 2.21 bits per heavy atom. The van der Waals surface area contributed by atoms with Crippen molar-refractivity contribution >= 4 is 33.8 Å². The van der Waals surface area contributed by atoms with Crippen LogP contribution in [-0.4, -0.2) is 73.0 Å². The summed E-state index contributed by atoms with van der Waals surface area (Å²) in [5.74, 6) is 0.127. The smallest absolute Gasteiger partial charge is 0.244 e. The first kappa shape index (κ1) is 31.2. The van der Waals surface area contributed by atoms with E-state index < -0.39 is 0 Å². The molecule has 226 valence electrons. The summed E-state index contributed by atoms with van der Waals surface area (Å²) in [4.78, 5) is 31.4. The maximum atomic E-state index is 14.1. The summed E-state index contributed by atoms with van der Waals surface area (Å²) in [6.07, 6.45) is 8.71. The molecule has 0 aliphatic carbocycles. The number of hydrogen-bond acceptors (Lipinski definition) is 4. The molecule has 2 heterocycles. The van der Waals surface area contributed by atoms with E-state index in [-0.39, 0.29) is 29.8 Å². The molecule has 2 aliphatic heterocycles. The average molecular weight is 644 g/mol. The lowest BCUT2D eigenvalue weighted by molar-refractivity contribution is -0.133. The molecule has 2 saturated heterocycles. The quantitative estimate of drug-likeness (QED) is 0.258. The third-order valence-electron chi connectivity index (χ3n) is 8.60. The van der Waals surface area contributed by atoms with Crippen molar-refractivity contribution in [2.75, 3.05) is 39.3 Å². The lowest BCUT2D eigenvalue weighted by atomic mass is 9.90. The second kappa shape index (κ2) is 16.0. The maximum Gasteiger partial charge on any atom is 0.244 e. The van der Waals surface area contributed by atoms with Gasteiger partial charge in [0.25, 0.3) is 0 Å². The third kappa shape index (κ3) is 9.36. The summed E-state index contributed by atoms with van der Waals surface area (Å²) in [6.45, 7) is 4.89. The monoisotopic (exact) mass is 642 g/mol. The van der Waals surface area contributed by atoms with Crippen LogP contribution in [0.1, 0.15) is 54.7 Å². The summed E-state index contributed by atoms with van der Waals surface area (Å²) < 4.78 is 1.01. The van der Waals surface area contributed by atoms with E-state index in [0.29, 0.717) is 19.6 Å². The van der Waals surface area contributed by atoms with Crippen molar-refractivity contribution in [2.45, 2.75) is 50.1 Å². The Morgan fingerprint density at radius 2 is 1.56 bits per heavy atom. The van der Waals surface area contributed by atoms with Gasteiger partial charge >= 0.3 is 0 Å². The van der Waals surface area contributed by atoms with Gasteiger partial charge in [-0.2, -0.15) is 0 Å². The molecule has 5 rings (SSSR count). The van der Waals surface area contributed by atoms with Crippen molar-refractivity contribution < 1.29 is 9.59 Å². The Labute approximate surface area is 264 Å². The Balaban J connectivity index is 1.28. The Bertz CT molecular complexity index is 1290. The van der Waals surface area contributed by atoms with Gasteiger partial charge in [0.2, 0.25) is 11.8 Å². The summed E-state index contributed by atoms with van der Waals surface area (Å²) in [7, 11) is 0. The van der Waals surface area contributed by atoms with Crippen LogP contribution in [0.15, 0.2) is 95.5 Å². The predicted octanol–water partition coefficient (Wildman–Crippen LogP) is 5.85. The van der Waals surface area contributed by atoms with E-state index in [0.717, 1.165) is 42.5 Å². The molecule has 7 heteroatoms. The number of nitrogens with one attached hydrogen (secondary N) is 2. The van der Waals surface area contributed by atoms with Gasteiger partial charge in [0.15, 0.2) is 0 Å². The van der Waals surface area contributed by atoms with Crippen molar-refractivity contribution in [2.24, 2.45) is 0 Å². The zero-order chi connectivity index (χ0) is 29.9. The van der Waals surface area contributed by atoms with E-state index in [2.05, 4.69) is 84.9 Å². The standard InChI is InChI=1S/C36H43BrN4O2/c37-31-17-14-28(15-18-31)16-19-35(42)38-26-32-20-25-41(36(43)34(39-32)21-24-40-22-8-3-9-23-40)27-33(29-10-4-1-5-11-29)30-12-6-2-7-13-30/h1-2,4-7,10-19,32-34,39H,3,8-9,20-27H2,(H,38,42)/t32-,34-/m0/s1.